The van der Waals surface area contributed by atoms with Crippen molar-refractivity contribution in [3.05, 3.63) is 181 Å². The molecule has 0 unspecified atom stereocenters. The highest BCUT2D eigenvalue weighted by Crippen LogP contribution is 2.52. The van der Waals surface area contributed by atoms with Gasteiger partial charge in [0.1, 0.15) is 0 Å². The highest BCUT2D eigenvalue weighted by atomic mass is 32.1. The Morgan fingerprint density at radius 3 is 1.94 bits per heavy atom. The van der Waals surface area contributed by atoms with Crippen molar-refractivity contribution in [3.63, 3.8) is 0 Å². The van der Waals surface area contributed by atoms with E-state index in [2.05, 4.69) is 184 Å². The number of benzene rings is 8. The van der Waals surface area contributed by atoms with Crippen molar-refractivity contribution in [2.75, 3.05) is 0 Å². The van der Waals surface area contributed by atoms with E-state index in [0.717, 1.165) is 39.3 Å². The molecule has 2 heterocycles. The van der Waals surface area contributed by atoms with E-state index in [0.29, 0.717) is 0 Å². The van der Waals surface area contributed by atoms with Gasteiger partial charge in [-0.2, -0.15) is 0 Å². The molecule has 0 amide bonds. The van der Waals surface area contributed by atoms with Crippen LogP contribution in [0.15, 0.2) is 170 Å². The first-order valence-electron chi connectivity index (χ1n) is 18.6. The minimum Gasteiger partial charge on any atom is -0.228 e. The monoisotopic (exact) mass is 706 g/mol. The summed E-state index contributed by atoms with van der Waals surface area (Å²) in [7, 11) is 0. The van der Waals surface area contributed by atoms with Gasteiger partial charge < -0.3 is 0 Å². The first kappa shape index (κ1) is 31.1. The summed E-state index contributed by atoms with van der Waals surface area (Å²) in [5.41, 5.74) is 12.8. The van der Waals surface area contributed by atoms with Gasteiger partial charge in [0.2, 0.25) is 0 Å². The zero-order valence-electron chi connectivity index (χ0n) is 30.0. The van der Waals surface area contributed by atoms with Gasteiger partial charge in [0.05, 0.1) is 11.4 Å². The van der Waals surface area contributed by atoms with Crippen molar-refractivity contribution in [3.8, 4) is 56.2 Å². The Balaban J connectivity index is 1.10. The van der Waals surface area contributed by atoms with E-state index in [9.17, 15) is 0 Å². The van der Waals surface area contributed by atoms with Crippen molar-refractivity contribution < 1.29 is 0 Å². The molecule has 1 aliphatic rings. The van der Waals surface area contributed by atoms with E-state index in [1.807, 2.05) is 11.3 Å². The van der Waals surface area contributed by atoms with Crippen LogP contribution in [-0.2, 0) is 5.41 Å². The lowest BCUT2D eigenvalue weighted by Crippen LogP contribution is -2.15. The van der Waals surface area contributed by atoms with Crippen LogP contribution >= 0.6 is 11.3 Å². The average Bonchev–Trinajstić information content (AvgIpc) is 3.72. The normalized spacial score (nSPS) is 13.1. The van der Waals surface area contributed by atoms with E-state index in [1.54, 1.807) is 0 Å². The molecule has 0 saturated carbocycles. The maximum Gasteiger partial charge on any atom is 0.161 e. The third-order valence-electron chi connectivity index (χ3n) is 11.5. The molecular weight excluding hydrogens is 673 g/mol. The number of hydrogen-bond donors (Lipinski definition) is 0. The van der Waals surface area contributed by atoms with E-state index < -0.39 is 0 Å². The highest BCUT2D eigenvalue weighted by molar-refractivity contribution is 7.25. The molecule has 0 aliphatic heterocycles. The largest absolute Gasteiger partial charge is 0.228 e. The van der Waals surface area contributed by atoms with Crippen molar-refractivity contribution in [1.82, 2.24) is 9.97 Å². The Kier molecular flexibility index (Phi) is 6.80. The fourth-order valence-corrected chi connectivity index (χ4v) is 10.1. The lowest BCUT2D eigenvalue weighted by atomic mass is 9.80. The second-order valence-corrected chi connectivity index (χ2v) is 16.0. The van der Waals surface area contributed by atoms with Crippen LogP contribution in [0.3, 0.4) is 0 Å². The van der Waals surface area contributed by atoms with Gasteiger partial charge >= 0.3 is 0 Å². The van der Waals surface area contributed by atoms with Crippen molar-refractivity contribution in [2.45, 2.75) is 19.3 Å². The predicted molar refractivity (Wildman–Crippen MR) is 229 cm³/mol. The van der Waals surface area contributed by atoms with E-state index in [1.165, 1.54) is 69.7 Å². The summed E-state index contributed by atoms with van der Waals surface area (Å²) in [4.78, 5) is 10.7. The van der Waals surface area contributed by atoms with Crippen LogP contribution in [0.4, 0.5) is 0 Å². The minimum atomic E-state index is -0.0888. The molecule has 10 aromatic rings. The molecule has 1 aliphatic carbocycles. The Morgan fingerprint density at radius 2 is 1.09 bits per heavy atom. The zero-order chi connectivity index (χ0) is 36.0. The molecule has 8 aromatic carbocycles. The van der Waals surface area contributed by atoms with Gasteiger partial charge in [-0.25, -0.2) is 9.97 Å². The molecule has 2 nitrogen and oxygen atoms in total. The third-order valence-corrected chi connectivity index (χ3v) is 12.6. The predicted octanol–water partition coefficient (Wildman–Crippen LogP) is 14.1. The summed E-state index contributed by atoms with van der Waals surface area (Å²) in [6.45, 7) is 4.74. The minimum absolute atomic E-state index is 0.0888. The average molecular weight is 707 g/mol. The smallest absolute Gasteiger partial charge is 0.161 e. The first-order chi connectivity index (χ1) is 26.5. The van der Waals surface area contributed by atoms with E-state index in [-0.39, 0.29) is 5.41 Å². The maximum absolute atomic E-state index is 5.40. The zero-order valence-corrected chi connectivity index (χ0v) is 30.8. The highest BCUT2D eigenvalue weighted by Gasteiger charge is 2.37. The molecule has 2 aromatic heterocycles. The molecule has 54 heavy (non-hydrogen) atoms. The number of hydrogen-bond acceptors (Lipinski definition) is 3. The molecule has 11 rings (SSSR count). The lowest BCUT2D eigenvalue weighted by molar-refractivity contribution is 0.666. The summed E-state index contributed by atoms with van der Waals surface area (Å²) in [6.07, 6.45) is 0. The number of thiophene rings is 1. The van der Waals surface area contributed by atoms with E-state index >= 15 is 0 Å². The topological polar surface area (TPSA) is 25.8 Å². The Hall–Kier alpha value is -6.42. The molecule has 0 atom stereocenters. The molecule has 0 fully saturated rings. The van der Waals surface area contributed by atoms with Gasteiger partial charge in [-0.3, -0.25) is 0 Å². The summed E-state index contributed by atoms with van der Waals surface area (Å²) in [6, 6.07) is 61.6. The Morgan fingerprint density at radius 1 is 0.426 bits per heavy atom. The van der Waals surface area contributed by atoms with Crippen LogP contribution in [0.25, 0.3) is 97.9 Å². The van der Waals surface area contributed by atoms with Crippen LogP contribution in [0.5, 0.6) is 0 Å². The molecule has 0 N–H and O–H groups in total. The van der Waals surface area contributed by atoms with Gasteiger partial charge in [-0.1, -0.05) is 153 Å². The number of rotatable bonds is 4. The molecule has 3 heteroatoms. The standard InChI is InChI=1S/C51H34N2S/c1-51(2)43-28-24-33(29-42(43)38-25-23-31-13-6-7-16-35(31)49(38)51)34-26-27-39(37-18-9-8-17-36(34)37)50-52-44(32-14-4-3-5-15-32)30-45(53-50)40-20-12-22-47-48(40)41-19-10-11-21-46(41)54-47/h3-30H,1-2H3. The second kappa shape index (κ2) is 11.8. The Labute approximate surface area is 318 Å². The molecule has 0 saturated heterocycles. The second-order valence-electron chi connectivity index (χ2n) is 14.9. The number of aromatic nitrogens is 2. The van der Waals surface area contributed by atoms with Crippen LogP contribution in [-0.4, -0.2) is 9.97 Å². The van der Waals surface area contributed by atoms with Gasteiger partial charge in [0.15, 0.2) is 5.82 Å². The SMILES string of the molecule is CC1(C)c2ccc(-c3ccc(-c4nc(-c5ccccc5)cc(-c5cccc6sc7ccccc7c56)n4)c4ccccc34)cc2-c2ccc3ccccc3c21. The van der Waals surface area contributed by atoms with Gasteiger partial charge in [0.25, 0.3) is 0 Å². The fraction of sp³-hybridized carbons (Fsp3) is 0.0588. The van der Waals surface area contributed by atoms with Gasteiger partial charge in [-0.05, 0) is 85.3 Å². The molecule has 254 valence electrons. The number of fused-ring (bicyclic) bond motifs is 9. The van der Waals surface area contributed by atoms with Crippen LogP contribution in [0.2, 0.25) is 0 Å². The van der Waals surface area contributed by atoms with Crippen molar-refractivity contribution in [1.29, 1.82) is 0 Å². The summed E-state index contributed by atoms with van der Waals surface area (Å²) in [5, 5.41) is 7.47. The fourth-order valence-electron chi connectivity index (χ4n) is 8.98. The van der Waals surface area contributed by atoms with Crippen molar-refractivity contribution >= 4 is 53.1 Å². The third kappa shape index (κ3) is 4.65. The number of nitrogens with zero attached hydrogens (tertiary/aromatic N) is 2. The van der Waals surface area contributed by atoms with Crippen molar-refractivity contribution in [2.24, 2.45) is 0 Å². The molecule has 0 bridgehead atoms. The van der Waals surface area contributed by atoms with Crippen LogP contribution < -0.4 is 0 Å². The quantitative estimate of drug-likeness (QED) is 0.182. The molecule has 0 spiro atoms. The first-order valence-corrected chi connectivity index (χ1v) is 19.4. The lowest BCUT2D eigenvalue weighted by Gasteiger charge is -2.23. The Bertz CT molecular complexity index is 3130. The van der Waals surface area contributed by atoms with Crippen LogP contribution in [0, 0.1) is 0 Å². The summed E-state index contributed by atoms with van der Waals surface area (Å²) >= 11 is 1.83. The van der Waals surface area contributed by atoms with Gasteiger partial charge in [0, 0.05) is 42.3 Å². The van der Waals surface area contributed by atoms with E-state index in [4.69, 9.17) is 9.97 Å². The summed E-state index contributed by atoms with van der Waals surface area (Å²) in [5.74, 6) is 0.724. The molecular formula is C51H34N2S. The summed E-state index contributed by atoms with van der Waals surface area (Å²) < 4.78 is 2.55. The van der Waals surface area contributed by atoms with Gasteiger partial charge in [-0.15, -0.1) is 11.3 Å². The maximum atomic E-state index is 5.40. The molecule has 0 radical (unpaired) electrons. The van der Waals surface area contributed by atoms with Crippen LogP contribution in [0.1, 0.15) is 25.0 Å².